The topological polar surface area (TPSA) is 51.5 Å². The zero-order chi connectivity index (χ0) is 10.7. The summed E-state index contributed by atoms with van der Waals surface area (Å²) in [5.74, 6) is 0.641. The molecule has 0 fully saturated rings. The van der Waals surface area contributed by atoms with Gasteiger partial charge in [-0.05, 0) is 18.2 Å². The molecule has 0 bridgehead atoms. The molecule has 1 heterocycles. The van der Waals surface area contributed by atoms with Gasteiger partial charge in [-0.15, -0.1) is 0 Å². The first kappa shape index (κ1) is 9.41. The maximum Gasteiger partial charge on any atom is 0.269 e. The SMILES string of the molecule is COc1ccc(C#N)cc1C1OC=CO1. The summed E-state index contributed by atoms with van der Waals surface area (Å²) >= 11 is 0. The third-order valence-corrected chi connectivity index (χ3v) is 2.07. The van der Waals surface area contributed by atoms with E-state index in [9.17, 15) is 0 Å². The van der Waals surface area contributed by atoms with Crippen molar-refractivity contribution in [3.05, 3.63) is 41.9 Å². The fourth-order valence-electron chi connectivity index (χ4n) is 1.37. The predicted molar refractivity (Wildman–Crippen MR) is 51.8 cm³/mol. The molecule has 0 radical (unpaired) electrons. The van der Waals surface area contributed by atoms with E-state index in [1.54, 1.807) is 25.3 Å². The van der Waals surface area contributed by atoms with Crippen molar-refractivity contribution >= 4 is 0 Å². The molecule has 0 saturated heterocycles. The Labute approximate surface area is 87.3 Å². The van der Waals surface area contributed by atoms with Crippen LogP contribution in [0.4, 0.5) is 0 Å². The van der Waals surface area contributed by atoms with Gasteiger partial charge in [0, 0.05) is 0 Å². The highest BCUT2D eigenvalue weighted by Gasteiger charge is 2.20. The van der Waals surface area contributed by atoms with Crippen molar-refractivity contribution < 1.29 is 14.2 Å². The van der Waals surface area contributed by atoms with Crippen LogP contribution in [0.2, 0.25) is 0 Å². The van der Waals surface area contributed by atoms with Crippen molar-refractivity contribution in [1.29, 1.82) is 5.26 Å². The Kier molecular flexibility index (Phi) is 2.46. The van der Waals surface area contributed by atoms with E-state index in [1.807, 2.05) is 0 Å². The van der Waals surface area contributed by atoms with Crippen LogP contribution in [0.15, 0.2) is 30.7 Å². The number of ether oxygens (including phenoxy) is 3. The summed E-state index contributed by atoms with van der Waals surface area (Å²) in [6.45, 7) is 0. The van der Waals surface area contributed by atoms with Gasteiger partial charge in [-0.1, -0.05) is 0 Å². The fourth-order valence-corrected chi connectivity index (χ4v) is 1.37. The maximum atomic E-state index is 8.78. The molecule has 0 aliphatic carbocycles. The number of rotatable bonds is 2. The van der Waals surface area contributed by atoms with E-state index in [0.29, 0.717) is 16.9 Å². The molecule has 1 aliphatic rings. The average Bonchev–Trinajstić information content (AvgIpc) is 2.81. The Balaban J connectivity index is 2.38. The molecule has 76 valence electrons. The third kappa shape index (κ3) is 1.72. The Morgan fingerprint density at radius 2 is 2.07 bits per heavy atom. The molecule has 0 saturated carbocycles. The van der Waals surface area contributed by atoms with Crippen molar-refractivity contribution in [1.82, 2.24) is 0 Å². The van der Waals surface area contributed by atoms with Crippen molar-refractivity contribution in [2.75, 3.05) is 7.11 Å². The lowest BCUT2D eigenvalue weighted by Gasteiger charge is -2.14. The molecule has 1 aliphatic heterocycles. The molecule has 1 aromatic rings. The monoisotopic (exact) mass is 203 g/mol. The van der Waals surface area contributed by atoms with Crippen LogP contribution in [0.1, 0.15) is 17.4 Å². The minimum Gasteiger partial charge on any atom is -0.496 e. The van der Waals surface area contributed by atoms with E-state index in [1.165, 1.54) is 12.5 Å². The summed E-state index contributed by atoms with van der Waals surface area (Å²) in [7, 11) is 1.56. The number of nitrogens with zero attached hydrogens (tertiary/aromatic N) is 1. The van der Waals surface area contributed by atoms with Crippen LogP contribution in [-0.4, -0.2) is 7.11 Å². The summed E-state index contributed by atoms with van der Waals surface area (Å²) in [4.78, 5) is 0. The second-order valence-corrected chi connectivity index (χ2v) is 2.94. The Morgan fingerprint density at radius 1 is 1.33 bits per heavy atom. The van der Waals surface area contributed by atoms with Crippen LogP contribution in [0.5, 0.6) is 5.75 Å². The first-order valence-electron chi connectivity index (χ1n) is 4.39. The second kappa shape index (κ2) is 3.93. The number of benzene rings is 1. The summed E-state index contributed by atoms with van der Waals surface area (Å²) in [6.07, 6.45) is 2.40. The molecule has 15 heavy (non-hydrogen) atoms. The van der Waals surface area contributed by atoms with Gasteiger partial charge in [-0.3, -0.25) is 0 Å². The van der Waals surface area contributed by atoms with E-state index in [-0.39, 0.29) is 0 Å². The highest BCUT2D eigenvalue weighted by molar-refractivity contribution is 5.43. The molecular weight excluding hydrogens is 194 g/mol. The standard InChI is InChI=1S/C11H9NO3/c1-13-10-3-2-8(7-12)6-9(10)11-14-4-5-15-11/h2-6,11H,1H3. The molecule has 1 aromatic carbocycles. The van der Waals surface area contributed by atoms with Gasteiger partial charge in [0.1, 0.15) is 18.3 Å². The van der Waals surface area contributed by atoms with E-state index >= 15 is 0 Å². The maximum absolute atomic E-state index is 8.78. The molecule has 0 amide bonds. The lowest BCUT2D eigenvalue weighted by molar-refractivity contribution is -0.0261. The Hall–Kier alpha value is -2.15. The number of hydrogen-bond acceptors (Lipinski definition) is 4. The summed E-state index contributed by atoms with van der Waals surface area (Å²) in [6, 6.07) is 7.15. The molecule has 0 spiro atoms. The summed E-state index contributed by atoms with van der Waals surface area (Å²) in [5, 5.41) is 8.78. The lowest BCUT2D eigenvalue weighted by atomic mass is 10.1. The zero-order valence-corrected chi connectivity index (χ0v) is 8.14. The van der Waals surface area contributed by atoms with Gasteiger partial charge in [0.25, 0.3) is 6.29 Å². The molecule has 0 N–H and O–H groups in total. The number of methoxy groups -OCH3 is 1. The Morgan fingerprint density at radius 3 is 2.67 bits per heavy atom. The predicted octanol–water partition coefficient (Wildman–Crippen LogP) is 2.08. The van der Waals surface area contributed by atoms with Crippen LogP contribution in [-0.2, 0) is 9.47 Å². The average molecular weight is 203 g/mol. The van der Waals surface area contributed by atoms with Crippen molar-refractivity contribution in [3.8, 4) is 11.8 Å². The lowest BCUT2D eigenvalue weighted by Crippen LogP contribution is -2.01. The van der Waals surface area contributed by atoms with Crippen LogP contribution in [0.25, 0.3) is 0 Å². The van der Waals surface area contributed by atoms with Gasteiger partial charge in [0.05, 0.1) is 24.3 Å². The van der Waals surface area contributed by atoms with E-state index < -0.39 is 6.29 Å². The first-order valence-corrected chi connectivity index (χ1v) is 4.39. The normalized spacial score (nSPS) is 14.1. The smallest absolute Gasteiger partial charge is 0.269 e. The minimum atomic E-state index is -0.520. The largest absolute Gasteiger partial charge is 0.496 e. The van der Waals surface area contributed by atoms with Crippen molar-refractivity contribution in [3.63, 3.8) is 0 Å². The zero-order valence-electron chi connectivity index (χ0n) is 8.14. The molecule has 4 nitrogen and oxygen atoms in total. The second-order valence-electron chi connectivity index (χ2n) is 2.94. The quantitative estimate of drug-likeness (QED) is 0.738. The molecular formula is C11H9NO3. The van der Waals surface area contributed by atoms with Gasteiger partial charge in [0.15, 0.2) is 0 Å². The number of hydrogen-bond donors (Lipinski definition) is 0. The number of nitriles is 1. The van der Waals surface area contributed by atoms with Gasteiger partial charge in [-0.25, -0.2) is 0 Å². The molecule has 0 aromatic heterocycles. The van der Waals surface area contributed by atoms with Crippen LogP contribution in [0, 0.1) is 11.3 Å². The minimum absolute atomic E-state index is 0.520. The molecule has 0 unspecified atom stereocenters. The summed E-state index contributed by atoms with van der Waals surface area (Å²) in [5.41, 5.74) is 1.26. The van der Waals surface area contributed by atoms with Crippen LogP contribution >= 0.6 is 0 Å². The van der Waals surface area contributed by atoms with Gasteiger partial charge >= 0.3 is 0 Å². The molecule has 2 rings (SSSR count). The van der Waals surface area contributed by atoms with E-state index in [4.69, 9.17) is 19.5 Å². The fraction of sp³-hybridized carbons (Fsp3) is 0.182. The van der Waals surface area contributed by atoms with Gasteiger partial charge < -0.3 is 14.2 Å². The summed E-state index contributed by atoms with van der Waals surface area (Å²) < 4.78 is 15.5. The van der Waals surface area contributed by atoms with Crippen LogP contribution in [0.3, 0.4) is 0 Å². The third-order valence-electron chi connectivity index (χ3n) is 2.07. The molecule has 0 atom stereocenters. The van der Waals surface area contributed by atoms with Crippen LogP contribution < -0.4 is 4.74 Å². The van der Waals surface area contributed by atoms with Gasteiger partial charge in [-0.2, -0.15) is 5.26 Å². The van der Waals surface area contributed by atoms with Crippen molar-refractivity contribution in [2.24, 2.45) is 0 Å². The van der Waals surface area contributed by atoms with Crippen molar-refractivity contribution in [2.45, 2.75) is 6.29 Å². The van der Waals surface area contributed by atoms with E-state index in [0.717, 1.165) is 0 Å². The first-order chi connectivity index (χ1) is 7.35. The van der Waals surface area contributed by atoms with E-state index in [2.05, 4.69) is 6.07 Å². The molecule has 4 heteroatoms. The Bertz CT molecular complexity index is 426. The highest BCUT2D eigenvalue weighted by atomic mass is 16.7. The highest BCUT2D eigenvalue weighted by Crippen LogP contribution is 2.32. The van der Waals surface area contributed by atoms with Gasteiger partial charge in [0.2, 0.25) is 0 Å².